The van der Waals surface area contributed by atoms with Gasteiger partial charge >= 0.3 is 0 Å². The Morgan fingerprint density at radius 2 is 0.472 bits per heavy atom. The second-order valence-corrected chi connectivity index (χ2v) is 31.5. The summed E-state index contributed by atoms with van der Waals surface area (Å²) in [5.74, 6) is 0. The van der Waals surface area contributed by atoms with Crippen LogP contribution in [-0.4, -0.2) is 36.9 Å². The van der Waals surface area contributed by atoms with Crippen molar-refractivity contribution in [3.63, 3.8) is 0 Å². The minimum atomic E-state index is -1.07. The molecular formula is C82H135NO4P2. The van der Waals surface area contributed by atoms with Crippen molar-refractivity contribution in [3.05, 3.63) is 119 Å². The second kappa shape index (κ2) is 43.5. The summed E-state index contributed by atoms with van der Waals surface area (Å²) >= 11 is 0. The van der Waals surface area contributed by atoms with Crippen LogP contribution in [0.15, 0.2) is 97.1 Å². The Bertz CT molecular complexity index is 2040. The molecule has 1 aliphatic rings. The predicted octanol–water partition coefficient (Wildman–Crippen LogP) is 24.3. The lowest BCUT2D eigenvalue weighted by Gasteiger charge is -2.46. The molecule has 5 rings (SSSR count). The number of ether oxygens (including phenoxy) is 4. The van der Waals surface area contributed by atoms with E-state index in [4.69, 9.17) is 18.9 Å². The lowest BCUT2D eigenvalue weighted by Crippen LogP contribution is -2.40. The maximum Gasteiger partial charge on any atom is 0.0931 e. The summed E-state index contributed by atoms with van der Waals surface area (Å²) in [6, 6.07) is 41.5. The Hall–Kier alpha value is -2.46. The van der Waals surface area contributed by atoms with E-state index in [0.29, 0.717) is 6.04 Å². The molecule has 0 bridgehead atoms. The standard InChI is InChI=1S/C82H135NO4P2/c1-13-25-58-79(59-26-14-2,84-66-33-21-9)70-42-50-75(51-43-70)88(76-52-44-71(45-53-76)80(60-27-15-3,61-28-16-4)85-67-34-22-10)83(74-40-38-37-39-41-74)89(77-54-46-72(47-55-77)81(62-29-17-5,63-30-18-6)86-68-35-23-11)78-56-48-73(49-57-78)82(64-31-19-7,65-32-20-8)87-69-36-24-12/h42-57,74H,13-41,58-69H2,1-12H3. The molecule has 502 valence electrons. The van der Waals surface area contributed by atoms with E-state index in [0.717, 1.165) is 129 Å². The van der Waals surface area contributed by atoms with Gasteiger partial charge in [0.15, 0.2) is 0 Å². The molecule has 1 aliphatic carbocycles. The minimum absolute atomic E-state index is 0.283. The van der Waals surface area contributed by atoms with E-state index in [2.05, 4.69) is 185 Å². The van der Waals surface area contributed by atoms with Gasteiger partial charge in [0.05, 0.1) is 22.4 Å². The number of hydrogen-bond acceptors (Lipinski definition) is 5. The molecule has 0 amide bonds. The van der Waals surface area contributed by atoms with E-state index >= 15 is 0 Å². The van der Waals surface area contributed by atoms with Gasteiger partial charge in [0.25, 0.3) is 0 Å². The van der Waals surface area contributed by atoms with Crippen LogP contribution in [-0.2, 0) is 41.4 Å². The fraction of sp³-hybridized carbons (Fsp3) is 0.707. The van der Waals surface area contributed by atoms with Gasteiger partial charge in [-0.15, -0.1) is 0 Å². The highest BCUT2D eigenvalue weighted by atomic mass is 31.2. The van der Waals surface area contributed by atoms with Gasteiger partial charge < -0.3 is 18.9 Å². The first-order chi connectivity index (χ1) is 43.6. The van der Waals surface area contributed by atoms with Crippen molar-refractivity contribution in [2.75, 3.05) is 26.4 Å². The zero-order valence-corrected chi connectivity index (χ0v) is 61.6. The van der Waals surface area contributed by atoms with Gasteiger partial charge in [0, 0.05) is 48.6 Å². The number of unbranched alkanes of at least 4 members (excludes halogenated alkanes) is 12. The predicted molar refractivity (Wildman–Crippen MR) is 393 cm³/mol. The van der Waals surface area contributed by atoms with E-state index in [9.17, 15) is 0 Å². The highest BCUT2D eigenvalue weighted by molar-refractivity contribution is 7.84. The number of rotatable bonds is 51. The smallest absolute Gasteiger partial charge is 0.0931 e. The fourth-order valence-corrected chi connectivity index (χ4v) is 20.4. The molecule has 0 aliphatic heterocycles. The van der Waals surface area contributed by atoms with Crippen molar-refractivity contribution in [1.82, 2.24) is 4.44 Å². The van der Waals surface area contributed by atoms with Gasteiger partial charge in [0.2, 0.25) is 0 Å². The van der Waals surface area contributed by atoms with E-state index < -0.39 is 16.1 Å². The van der Waals surface area contributed by atoms with Gasteiger partial charge in [-0.25, -0.2) is 4.44 Å². The first-order valence-corrected chi connectivity index (χ1v) is 40.5. The minimum Gasteiger partial charge on any atom is -0.370 e. The Balaban J connectivity index is 1.92. The summed E-state index contributed by atoms with van der Waals surface area (Å²) in [4.78, 5) is 0. The van der Waals surface area contributed by atoms with Crippen LogP contribution < -0.4 is 21.2 Å². The molecular weight excluding hydrogens is 1120 g/mol. The third-order valence-electron chi connectivity index (χ3n) is 19.8. The summed E-state index contributed by atoms with van der Waals surface area (Å²) in [6.45, 7) is 31.2. The monoisotopic (exact) mass is 1260 g/mol. The molecule has 0 radical (unpaired) electrons. The summed E-state index contributed by atoms with van der Waals surface area (Å²) in [5.41, 5.74) is 4.35. The average molecular weight is 1260 g/mol. The SMILES string of the molecule is CCCCOC(CCCC)(CCCC)c1ccc(P(c2ccc(C(CCCC)(CCCC)OCCCC)cc2)N(C2CCCCC2)P(c2ccc(C(CCCC)(CCCC)OCCCC)cc2)c2ccc(C(CCCC)(CCCC)OCCCC)cc2)cc1. The summed E-state index contributed by atoms with van der Waals surface area (Å²) in [6.07, 6.45) is 42.4. The topological polar surface area (TPSA) is 40.2 Å². The zero-order valence-electron chi connectivity index (χ0n) is 59.8. The van der Waals surface area contributed by atoms with Crippen LogP contribution in [0, 0.1) is 0 Å². The zero-order chi connectivity index (χ0) is 64.1. The van der Waals surface area contributed by atoms with Crippen LogP contribution in [0.2, 0.25) is 0 Å². The molecule has 0 N–H and O–H groups in total. The summed E-state index contributed by atoms with van der Waals surface area (Å²) < 4.78 is 32.2. The van der Waals surface area contributed by atoms with Crippen molar-refractivity contribution in [2.24, 2.45) is 0 Å². The van der Waals surface area contributed by atoms with Crippen LogP contribution in [0.3, 0.4) is 0 Å². The molecule has 0 atom stereocenters. The highest BCUT2D eigenvalue weighted by Gasteiger charge is 2.41. The molecule has 1 saturated carbocycles. The number of benzene rings is 4. The van der Waals surface area contributed by atoms with Gasteiger partial charge in [-0.05, 0) is 133 Å². The largest absolute Gasteiger partial charge is 0.370 e. The quantitative estimate of drug-likeness (QED) is 0.0325. The first kappa shape index (κ1) is 77.2. The van der Waals surface area contributed by atoms with E-state index in [1.54, 1.807) is 0 Å². The second-order valence-electron chi connectivity index (χ2n) is 27.0. The Kier molecular flexibility index (Phi) is 37.8. The van der Waals surface area contributed by atoms with Crippen molar-refractivity contribution < 1.29 is 18.9 Å². The van der Waals surface area contributed by atoms with Crippen molar-refractivity contribution >= 4 is 37.4 Å². The normalized spacial score (nSPS) is 13.9. The van der Waals surface area contributed by atoms with Crippen LogP contribution in [0.4, 0.5) is 0 Å². The molecule has 89 heavy (non-hydrogen) atoms. The highest BCUT2D eigenvalue weighted by Crippen LogP contribution is 2.59. The van der Waals surface area contributed by atoms with E-state index in [-0.39, 0.29) is 22.4 Å². The van der Waals surface area contributed by atoms with Crippen LogP contribution in [0.1, 0.15) is 343 Å². The van der Waals surface area contributed by atoms with Gasteiger partial charge in [-0.1, -0.05) is 328 Å². The van der Waals surface area contributed by atoms with Crippen molar-refractivity contribution in [3.8, 4) is 0 Å². The number of hydrogen-bond donors (Lipinski definition) is 0. The summed E-state index contributed by atoms with van der Waals surface area (Å²) in [7, 11) is -2.15. The lowest BCUT2D eigenvalue weighted by atomic mass is 9.83. The third kappa shape index (κ3) is 22.9. The Morgan fingerprint density at radius 1 is 0.281 bits per heavy atom. The summed E-state index contributed by atoms with van der Waals surface area (Å²) in [5, 5.41) is 5.79. The first-order valence-electron chi connectivity index (χ1n) is 37.9. The molecule has 0 aromatic heterocycles. The molecule has 5 nitrogen and oxygen atoms in total. The maximum atomic E-state index is 7.25. The molecule has 4 aromatic carbocycles. The maximum absolute atomic E-state index is 7.25. The lowest BCUT2D eigenvalue weighted by molar-refractivity contribution is -0.0673. The van der Waals surface area contributed by atoms with Crippen molar-refractivity contribution in [2.45, 2.75) is 349 Å². The van der Waals surface area contributed by atoms with Gasteiger partial charge in [0.1, 0.15) is 0 Å². The molecule has 1 fully saturated rings. The van der Waals surface area contributed by atoms with Gasteiger partial charge in [-0.2, -0.15) is 0 Å². The van der Waals surface area contributed by atoms with Crippen LogP contribution in [0.5, 0.6) is 0 Å². The van der Waals surface area contributed by atoms with Crippen LogP contribution in [0.25, 0.3) is 0 Å². The molecule has 0 unspecified atom stereocenters. The average Bonchev–Trinajstić information content (AvgIpc) is 2.16. The van der Waals surface area contributed by atoms with Crippen LogP contribution >= 0.6 is 16.1 Å². The third-order valence-corrected chi connectivity index (χ3v) is 25.5. The van der Waals surface area contributed by atoms with Crippen molar-refractivity contribution in [1.29, 1.82) is 0 Å². The van der Waals surface area contributed by atoms with Gasteiger partial charge in [-0.3, -0.25) is 0 Å². The Morgan fingerprint density at radius 3 is 0.652 bits per heavy atom. The molecule has 0 spiro atoms. The molecule has 4 aromatic rings. The van der Waals surface area contributed by atoms with E-state index in [1.807, 2.05) is 0 Å². The molecule has 7 heteroatoms. The Labute approximate surface area is 552 Å². The number of nitrogens with zero attached hydrogens (tertiary/aromatic N) is 1. The fourth-order valence-electron chi connectivity index (χ4n) is 14.0. The molecule has 0 saturated heterocycles. The molecule has 0 heterocycles. The van der Waals surface area contributed by atoms with E-state index in [1.165, 1.54) is 178 Å².